The fraction of sp³-hybridized carbons (Fsp3) is 0.786. The predicted octanol–water partition coefficient (Wildman–Crippen LogP) is 0.457. The molecule has 0 aromatic rings. The van der Waals surface area contributed by atoms with E-state index in [1.807, 2.05) is 13.8 Å². The minimum atomic E-state index is -3.10. The van der Waals surface area contributed by atoms with E-state index < -0.39 is 15.9 Å². The first kappa shape index (κ1) is 16.9. The first-order valence-corrected chi connectivity index (χ1v) is 9.59. The molecule has 1 saturated heterocycles. The second kappa shape index (κ2) is 6.76. The van der Waals surface area contributed by atoms with Crippen LogP contribution in [0.2, 0.25) is 0 Å². The van der Waals surface area contributed by atoms with Crippen molar-refractivity contribution in [2.45, 2.75) is 58.0 Å². The molecule has 2 amide bonds. The Morgan fingerprint density at radius 3 is 2.59 bits per heavy atom. The molecule has 0 aliphatic carbocycles. The molecule has 0 bridgehead atoms. The van der Waals surface area contributed by atoms with Gasteiger partial charge in [-0.3, -0.25) is 9.59 Å². The van der Waals surface area contributed by atoms with E-state index in [9.17, 15) is 18.0 Å². The van der Waals surface area contributed by atoms with Crippen LogP contribution in [0.4, 0.5) is 0 Å². The second-order valence-electron chi connectivity index (χ2n) is 5.83. The summed E-state index contributed by atoms with van der Waals surface area (Å²) in [6.07, 6.45) is 2.56. The maximum absolute atomic E-state index is 12.2. The molecule has 1 N–H and O–H groups in total. The fourth-order valence-corrected chi connectivity index (χ4v) is 4.44. The van der Waals surface area contributed by atoms with Gasteiger partial charge in [-0.1, -0.05) is 13.8 Å². The minimum absolute atomic E-state index is 0.0658. The van der Waals surface area contributed by atoms with Crippen molar-refractivity contribution in [2.24, 2.45) is 5.10 Å². The molecule has 2 aliphatic heterocycles. The molecular weight excluding hydrogens is 306 g/mol. The van der Waals surface area contributed by atoms with Crippen LogP contribution in [-0.4, -0.2) is 54.5 Å². The van der Waals surface area contributed by atoms with Crippen molar-refractivity contribution < 1.29 is 18.0 Å². The van der Waals surface area contributed by atoms with Gasteiger partial charge in [0.25, 0.3) is 5.91 Å². The van der Waals surface area contributed by atoms with Crippen molar-refractivity contribution in [2.75, 3.05) is 11.5 Å². The van der Waals surface area contributed by atoms with E-state index in [1.165, 1.54) is 5.01 Å². The molecule has 2 heterocycles. The predicted molar refractivity (Wildman–Crippen MR) is 83.1 cm³/mol. The highest BCUT2D eigenvalue weighted by atomic mass is 32.2. The average Bonchev–Trinajstić information content (AvgIpc) is 2.85. The zero-order valence-electron chi connectivity index (χ0n) is 13.0. The summed E-state index contributed by atoms with van der Waals surface area (Å²) in [7, 11) is -3.10. The number of hydrazone groups is 1. The van der Waals surface area contributed by atoms with Crippen LogP contribution >= 0.6 is 0 Å². The monoisotopic (exact) mass is 329 g/mol. The lowest BCUT2D eigenvalue weighted by atomic mass is 10.1. The molecule has 2 aliphatic rings. The number of amides is 2. The van der Waals surface area contributed by atoms with Crippen molar-refractivity contribution >= 4 is 27.4 Å². The van der Waals surface area contributed by atoms with Gasteiger partial charge in [0.15, 0.2) is 9.84 Å². The van der Waals surface area contributed by atoms with Gasteiger partial charge in [0.1, 0.15) is 5.71 Å². The highest BCUT2D eigenvalue weighted by Crippen LogP contribution is 2.22. The van der Waals surface area contributed by atoms with Crippen LogP contribution in [0, 0.1) is 0 Å². The van der Waals surface area contributed by atoms with Gasteiger partial charge in [0, 0.05) is 18.9 Å². The Hall–Kier alpha value is -1.44. The van der Waals surface area contributed by atoms with E-state index in [4.69, 9.17) is 0 Å². The van der Waals surface area contributed by atoms with Gasteiger partial charge in [0.05, 0.1) is 17.5 Å². The summed E-state index contributed by atoms with van der Waals surface area (Å²) in [5.41, 5.74) is 0.316. The molecule has 1 unspecified atom stereocenters. The molecule has 0 saturated carbocycles. The van der Waals surface area contributed by atoms with E-state index in [-0.39, 0.29) is 35.8 Å². The summed E-state index contributed by atoms with van der Waals surface area (Å²) in [5, 5.41) is 8.28. The van der Waals surface area contributed by atoms with Crippen molar-refractivity contribution in [1.29, 1.82) is 0 Å². The smallest absolute Gasteiger partial charge is 0.267 e. The Bertz CT molecular complexity index is 581. The lowest BCUT2D eigenvalue weighted by Crippen LogP contribution is -2.45. The number of nitrogens with one attached hydrogen (secondary N) is 1. The third kappa shape index (κ3) is 3.85. The molecule has 0 aromatic heterocycles. The Balaban J connectivity index is 2.11. The van der Waals surface area contributed by atoms with Gasteiger partial charge < -0.3 is 5.32 Å². The van der Waals surface area contributed by atoms with Crippen LogP contribution in [-0.2, 0) is 19.4 Å². The van der Waals surface area contributed by atoms with Crippen LogP contribution in [0.15, 0.2) is 5.10 Å². The van der Waals surface area contributed by atoms with E-state index in [0.29, 0.717) is 18.6 Å². The molecule has 124 valence electrons. The third-order valence-electron chi connectivity index (χ3n) is 4.20. The highest BCUT2D eigenvalue weighted by molar-refractivity contribution is 7.91. The zero-order valence-corrected chi connectivity index (χ0v) is 13.9. The van der Waals surface area contributed by atoms with Gasteiger partial charge in [-0.05, 0) is 19.3 Å². The Morgan fingerprint density at radius 2 is 2.05 bits per heavy atom. The first-order valence-electron chi connectivity index (χ1n) is 7.77. The van der Waals surface area contributed by atoms with E-state index >= 15 is 0 Å². The number of sulfone groups is 1. The van der Waals surface area contributed by atoms with Gasteiger partial charge in [-0.15, -0.1) is 0 Å². The van der Waals surface area contributed by atoms with Gasteiger partial charge in [-0.2, -0.15) is 5.10 Å². The van der Waals surface area contributed by atoms with Gasteiger partial charge in [0.2, 0.25) is 5.91 Å². The summed E-state index contributed by atoms with van der Waals surface area (Å²) in [6.45, 7) is 3.99. The molecule has 8 heteroatoms. The molecule has 0 aromatic carbocycles. The number of nitrogens with zero attached hydrogens (tertiary/aromatic N) is 2. The van der Waals surface area contributed by atoms with Crippen LogP contribution in [0.1, 0.15) is 46.0 Å². The number of hydrogen-bond donors (Lipinski definition) is 1. The Morgan fingerprint density at radius 1 is 1.36 bits per heavy atom. The third-order valence-corrected chi connectivity index (χ3v) is 5.95. The minimum Gasteiger partial charge on any atom is -0.348 e. The average molecular weight is 329 g/mol. The summed E-state index contributed by atoms with van der Waals surface area (Å²) in [5.74, 6) is -0.455. The van der Waals surface area contributed by atoms with Crippen LogP contribution in [0.5, 0.6) is 0 Å². The maximum Gasteiger partial charge on any atom is 0.267 e. The fourth-order valence-electron chi connectivity index (χ4n) is 2.75. The Labute approximate surface area is 131 Å². The number of hydrogen-bond acceptors (Lipinski definition) is 5. The second-order valence-corrected chi connectivity index (χ2v) is 8.06. The summed E-state index contributed by atoms with van der Waals surface area (Å²) >= 11 is 0. The first-order chi connectivity index (χ1) is 10.4. The molecule has 1 fully saturated rings. The van der Waals surface area contributed by atoms with Crippen molar-refractivity contribution in [1.82, 2.24) is 10.3 Å². The van der Waals surface area contributed by atoms with Crippen molar-refractivity contribution in [3.63, 3.8) is 0 Å². The zero-order chi connectivity index (χ0) is 16.3. The van der Waals surface area contributed by atoms with Gasteiger partial charge >= 0.3 is 0 Å². The quantitative estimate of drug-likeness (QED) is 0.792. The van der Waals surface area contributed by atoms with E-state index in [2.05, 4.69) is 10.4 Å². The molecule has 2 rings (SSSR count). The lowest BCUT2D eigenvalue weighted by molar-refractivity contribution is -0.133. The number of carbonyl (C=O) groups excluding carboxylic acids is 2. The molecule has 7 nitrogen and oxygen atoms in total. The van der Waals surface area contributed by atoms with Crippen LogP contribution in [0.25, 0.3) is 0 Å². The van der Waals surface area contributed by atoms with Gasteiger partial charge in [-0.25, -0.2) is 13.4 Å². The normalized spacial score (nSPS) is 24.5. The molecule has 22 heavy (non-hydrogen) atoms. The van der Waals surface area contributed by atoms with E-state index in [1.54, 1.807) is 0 Å². The molecule has 1 atom stereocenters. The Kier molecular flexibility index (Phi) is 5.20. The summed E-state index contributed by atoms with van der Waals surface area (Å²) in [6, 6.07) is -0.345. The largest absolute Gasteiger partial charge is 0.348 e. The topological polar surface area (TPSA) is 95.9 Å². The van der Waals surface area contributed by atoms with E-state index in [0.717, 1.165) is 12.8 Å². The number of rotatable bonds is 5. The van der Waals surface area contributed by atoms with Crippen molar-refractivity contribution in [3.05, 3.63) is 0 Å². The maximum atomic E-state index is 12.2. The standard InChI is InChI=1S/C14H23N3O4S/c1-3-10(4-2)15-14(19)12-5-6-13(18)17(16-12)11-7-8-22(20,21)9-11/h10-11H,3-9H2,1-2H3,(H,15,19). The lowest BCUT2D eigenvalue weighted by Gasteiger charge is -2.28. The molecule has 0 radical (unpaired) electrons. The summed E-state index contributed by atoms with van der Waals surface area (Å²) in [4.78, 5) is 24.2. The molecular formula is C14H23N3O4S. The van der Waals surface area contributed by atoms with Crippen LogP contribution in [0.3, 0.4) is 0 Å². The summed E-state index contributed by atoms with van der Waals surface area (Å²) < 4.78 is 23.1. The van der Waals surface area contributed by atoms with Crippen LogP contribution < -0.4 is 5.32 Å². The highest BCUT2D eigenvalue weighted by Gasteiger charge is 2.37. The SMILES string of the molecule is CCC(CC)NC(=O)C1=NN(C2CCS(=O)(=O)C2)C(=O)CC1. The van der Waals surface area contributed by atoms with Crippen molar-refractivity contribution in [3.8, 4) is 0 Å². The number of carbonyl (C=O) groups is 2. The molecule has 0 spiro atoms.